The highest BCUT2D eigenvalue weighted by atomic mass is 16.5. The Bertz CT molecular complexity index is 866. The zero-order chi connectivity index (χ0) is 16.2. The third-order valence-corrected chi connectivity index (χ3v) is 3.64. The number of hydrogen-bond donors (Lipinski definition) is 1. The van der Waals surface area contributed by atoms with Crippen LogP contribution in [0.1, 0.15) is 26.3 Å². The molecule has 0 atom stereocenters. The first-order valence-corrected chi connectivity index (χ1v) is 7.11. The van der Waals surface area contributed by atoms with Crippen LogP contribution in [0.4, 0.5) is 0 Å². The van der Waals surface area contributed by atoms with E-state index in [1.807, 2.05) is 30.3 Å². The molecular formula is C19H14O4. The van der Waals surface area contributed by atoms with Crippen LogP contribution in [-0.4, -0.2) is 17.4 Å². The number of carboxylic acids is 1. The van der Waals surface area contributed by atoms with E-state index in [0.29, 0.717) is 11.3 Å². The SMILES string of the molecule is O=Cc1c(OCc2ccc(C(=O)O)cc2)ccc2ccccc12. The molecule has 0 saturated heterocycles. The standard InChI is InChI=1S/C19H14O4/c20-11-17-16-4-2-1-3-14(16)9-10-18(17)23-12-13-5-7-15(8-6-13)19(21)22/h1-11H,12H2,(H,21,22). The summed E-state index contributed by atoms with van der Waals surface area (Å²) >= 11 is 0. The second kappa shape index (κ2) is 6.32. The summed E-state index contributed by atoms with van der Waals surface area (Å²) in [4.78, 5) is 22.3. The second-order valence-electron chi connectivity index (χ2n) is 5.11. The van der Waals surface area contributed by atoms with Gasteiger partial charge in [-0.05, 0) is 34.5 Å². The fourth-order valence-corrected chi connectivity index (χ4v) is 2.43. The average molecular weight is 306 g/mol. The number of hydrogen-bond acceptors (Lipinski definition) is 3. The van der Waals surface area contributed by atoms with Crippen LogP contribution in [0.25, 0.3) is 10.8 Å². The highest BCUT2D eigenvalue weighted by Crippen LogP contribution is 2.27. The van der Waals surface area contributed by atoms with Gasteiger partial charge in [-0.3, -0.25) is 4.79 Å². The van der Waals surface area contributed by atoms with Crippen LogP contribution in [0.3, 0.4) is 0 Å². The van der Waals surface area contributed by atoms with Crippen LogP contribution in [0, 0.1) is 0 Å². The fourth-order valence-electron chi connectivity index (χ4n) is 2.43. The number of benzene rings is 3. The first-order chi connectivity index (χ1) is 11.2. The molecule has 23 heavy (non-hydrogen) atoms. The minimum absolute atomic E-state index is 0.230. The Morgan fingerprint density at radius 1 is 1.00 bits per heavy atom. The zero-order valence-electron chi connectivity index (χ0n) is 12.2. The van der Waals surface area contributed by atoms with Crippen molar-refractivity contribution >= 4 is 23.0 Å². The molecule has 1 N–H and O–H groups in total. The first kappa shape index (κ1) is 14.8. The van der Waals surface area contributed by atoms with Gasteiger partial charge in [0, 0.05) is 0 Å². The maximum absolute atomic E-state index is 11.4. The molecule has 0 fully saturated rings. The summed E-state index contributed by atoms with van der Waals surface area (Å²) in [6.45, 7) is 0.263. The maximum Gasteiger partial charge on any atom is 0.335 e. The number of rotatable bonds is 5. The summed E-state index contributed by atoms with van der Waals surface area (Å²) in [5.74, 6) is -0.448. The van der Waals surface area contributed by atoms with Crippen molar-refractivity contribution < 1.29 is 19.4 Å². The Kier molecular flexibility index (Phi) is 4.06. The van der Waals surface area contributed by atoms with Crippen LogP contribution in [-0.2, 0) is 6.61 Å². The van der Waals surface area contributed by atoms with E-state index in [4.69, 9.17) is 9.84 Å². The molecule has 0 unspecified atom stereocenters. The lowest BCUT2D eigenvalue weighted by molar-refractivity contribution is 0.0696. The zero-order valence-corrected chi connectivity index (χ0v) is 12.2. The van der Waals surface area contributed by atoms with Gasteiger partial charge < -0.3 is 9.84 Å². The van der Waals surface area contributed by atoms with Gasteiger partial charge >= 0.3 is 5.97 Å². The Morgan fingerprint density at radius 3 is 2.43 bits per heavy atom. The number of carbonyl (C=O) groups is 2. The summed E-state index contributed by atoms with van der Waals surface area (Å²) in [6.07, 6.45) is 0.797. The van der Waals surface area contributed by atoms with Crippen molar-refractivity contribution in [2.45, 2.75) is 6.61 Å². The molecule has 0 amide bonds. The molecule has 3 aromatic carbocycles. The third-order valence-electron chi connectivity index (χ3n) is 3.64. The van der Waals surface area contributed by atoms with Crippen LogP contribution in [0.5, 0.6) is 5.75 Å². The lowest BCUT2D eigenvalue weighted by atomic mass is 10.0. The Labute approximate surface area is 132 Å². The van der Waals surface area contributed by atoms with E-state index < -0.39 is 5.97 Å². The van der Waals surface area contributed by atoms with E-state index in [1.165, 1.54) is 12.1 Å². The predicted octanol–water partition coefficient (Wildman–Crippen LogP) is 3.93. The summed E-state index contributed by atoms with van der Waals surface area (Å²) < 4.78 is 5.74. The van der Waals surface area contributed by atoms with Gasteiger partial charge in [0.2, 0.25) is 0 Å². The molecule has 0 aliphatic rings. The van der Waals surface area contributed by atoms with Gasteiger partial charge in [0.25, 0.3) is 0 Å². The maximum atomic E-state index is 11.4. The van der Waals surface area contributed by atoms with Crippen molar-refractivity contribution in [3.63, 3.8) is 0 Å². The van der Waals surface area contributed by atoms with Gasteiger partial charge in [0.1, 0.15) is 12.4 Å². The molecule has 0 heterocycles. The van der Waals surface area contributed by atoms with Crippen molar-refractivity contribution in [2.24, 2.45) is 0 Å². The van der Waals surface area contributed by atoms with Gasteiger partial charge in [-0.2, -0.15) is 0 Å². The highest BCUT2D eigenvalue weighted by Gasteiger charge is 2.08. The number of carbonyl (C=O) groups excluding carboxylic acids is 1. The van der Waals surface area contributed by atoms with E-state index in [-0.39, 0.29) is 12.2 Å². The van der Waals surface area contributed by atoms with E-state index in [2.05, 4.69) is 0 Å². The van der Waals surface area contributed by atoms with Crippen molar-refractivity contribution in [2.75, 3.05) is 0 Å². The average Bonchev–Trinajstić information content (AvgIpc) is 2.59. The fraction of sp³-hybridized carbons (Fsp3) is 0.0526. The van der Waals surface area contributed by atoms with Gasteiger partial charge in [-0.1, -0.05) is 42.5 Å². The molecule has 0 aliphatic heterocycles. The topological polar surface area (TPSA) is 63.6 Å². The van der Waals surface area contributed by atoms with Gasteiger partial charge in [-0.15, -0.1) is 0 Å². The molecule has 0 aliphatic carbocycles. The summed E-state index contributed by atoms with van der Waals surface area (Å²) in [7, 11) is 0. The minimum atomic E-state index is -0.963. The molecule has 3 aromatic rings. The number of ether oxygens (including phenoxy) is 1. The predicted molar refractivity (Wildman–Crippen MR) is 87.1 cm³/mol. The molecule has 4 nitrogen and oxygen atoms in total. The van der Waals surface area contributed by atoms with Crippen LogP contribution in [0.15, 0.2) is 60.7 Å². The van der Waals surface area contributed by atoms with Crippen molar-refractivity contribution in [1.82, 2.24) is 0 Å². The van der Waals surface area contributed by atoms with E-state index in [1.54, 1.807) is 18.2 Å². The van der Waals surface area contributed by atoms with Crippen molar-refractivity contribution in [1.29, 1.82) is 0 Å². The van der Waals surface area contributed by atoms with Crippen molar-refractivity contribution in [3.05, 3.63) is 77.4 Å². The Hall–Kier alpha value is -3.14. The molecule has 114 valence electrons. The van der Waals surface area contributed by atoms with E-state index >= 15 is 0 Å². The van der Waals surface area contributed by atoms with E-state index in [0.717, 1.165) is 22.6 Å². The quantitative estimate of drug-likeness (QED) is 0.725. The number of fused-ring (bicyclic) bond motifs is 1. The van der Waals surface area contributed by atoms with Crippen LogP contribution in [0.2, 0.25) is 0 Å². The van der Waals surface area contributed by atoms with Crippen LogP contribution >= 0.6 is 0 Å². The minimum Gasteiger partial charge on any atom is -0.488 e. The summed E-state index contributed by atoms with van der Waals surface area (Å²) in [6, 6.07) is 17.8. The van der Waals surface area contributed by atoms with Gasteiger partial charge in [-0.25, -0.2) is 4.79 Å². The lowest BCUT2D eigenvalue weighted by Crippen LogP contribution is -2.00. The third kappa shape index (κ3) is 3.06. The Morgan fingerprint density at radius 2 is 1.74 bits per heavy atom. The molecule has 3 rings (SSSR count). The Balaban J connectivity index is 1.84. The molecule has 0 spiro atoms. The van der Waals surface area contributed by atoms with Gasteiger partial charge in [0.05, 0.1) is 11.1 Å². The number of aromatic carboxylic acids is 1. The number of aldehydes is 1. The first-order valence-electron chi connectivity index (χ1n) is 7.11. The largest absolute Gasteiger partial charge is 0.488 e. The summed E-state index contributed by atoms with van der Waals surface area (Å²) in [5, 5.41) is 10.7. The lowest BCUT2D eigenvalue weighted by Gasteiger charge is -2.11. The monoisotopic (exact) mass is 306 g/mol. The molecule has 0 bridgehead atoms. The molecule has 0 radical (unpaired) electrons. The molecule has 0 saturated carbocycles. The number of carboxylic acid groups (broad SMARTS) is 1. The van der Waals surface area contributed by atoms with Crippen LogP contribution < -0.4 is 4.74 Å². The van der Waals surface area contributed by atoms with E-state index in [9.17, 15) is 9.59 Å². The molecule has 0 aromatic heterocycles. The normalized spacial score (nSPS) is 10.4. The smallest absolute Gasteiger partial charge is 0.335 e. The van der Waals surface area contributed by atoms with Crippen molar-refractivity contribution in [3.8, 4) is 5.75 Å². The molecule has 4 heteroatoms. The second-order valence-corrected chi connectivity index (χ2v) is 5.11. The molecular weight excluding hydrogens is 292 g/mol. The highest BCUT2D eigenvalue weighted by molar-refractivity contribution is 6.00. The van der Waals surface area contributed by atoms with Gasteiger partial charge in [0.15, 0.2) is 6.29 Å². The summed E-state index contributed by atoms with van der Waals surface area (Å²) in [5.41, 5.74) is 1.58.